The third kappa shape index (κ3) is 1.94. The summed E-state index contributed by atoms with van der Waals surface area (Å²) in [7, 11) is 0. The van der Waals surface area contributed by atoms with Crippen molar-refractivity contribution < 1.29 is 9.84 Å². The molecule has 2 atom stereocenters. The Hall–Kier alpha value is -1.40. The lowest BCUT2D eigenvalue weighted by atomic mass is 9.90. The van der Waals surface area contributed by atoms with Crippen molar-refractivity contribution in [1.29, 1.82) is 0 Å². The van der Waals surface area contributed by atoms with Crippen LogP contribution in [0.3, 0.4) is 0 Å². The Balaban J connectivity index is 2.24. The van der Waals surface area contributed by atoms with Gasteiger partial charge in [-0.05, 0) is 6.07 Å². The maximum Gasteiger partial charge on any atom is 0.351 e. The molecule has 0 unspecified atom stereocenters. The second-order valence-electron chi connectivity index (χ2n) is 4.48. The van der Waals surface area contributed by atoms with Crippen LogP contribution in [0.2, 0.25) is 0 Å². The fraction of sp³-hybridized carbons (Fsp3) is 0.600. The first kappa shape index (κ1) is 11.1. The van der Waals surface area contributed by atoms with E-state index >= 15 is 0 Å². The minimum Gasteiger partial charge on any atom is -0.396 e. The lowest BCUT2D eigenvalue weighted by Crippen LogP contribution is -2.27. The summed E-state index contributed by atoms with van der Waals surface area (Å²) in [6.07, 6.45) is 1.80. The fourth-order valence-corrected chi connectivity index (χ4v) is 1.77. The van der Waals surface area contributed by atoms with Crippen LogP contribution in [0.5, 0.6) is 0 Å². The van der Waals surface area contributed by atoms with Crippen molar-refractivity contribution in [3.05, 3.63) is 22.7 Å². The fourth-order valence-electron chi connectivity index (χ4n) is 1.77. The number of nitrogen functional groups attached to an aromatic ring is 1. The summed E-state index contributed by atoms with van der Waals surface area (Å²) in [4.78, 5) is 15.2. The molecule has 6 heteroatoms. The number of hydrogen-bond acceptors (Lipinski definition) is 5. The minimum absolute atomic E-state index is 0.0423. The van der Waals surface area contributed by atoms with Crippen molar-refractivity contribution >= 4 is 5.82 Å². The van der Waals surface area contributed by atoms with E-state index in [1.54, 1.807) is 12.3 Å². The summed E-state index contributed by atoms with van der Waals surface area (Å²) in [5.41, 5.74) is 4.69. The Morgan fingerprint density at radius 3 is 3.12 bits per heavy atom. The molecule has 0 aliphatic carbocycles. The van der Waals surface area contributed by atoms with E-state index < -0.39 is 5.69 Å². The second kappa shape index (κ2) is 3.88. The third-order valence-electron chi connectivity index (χ3n) is 2.84. The highest BCUT2D eigenvalue weighted by molar-refractivity contribution is 5.23. The van der Waals surface area contributed by atoms with Gasteiger partial charge >= 0.3 is 5.69 Å². The SMILES string of the molecule is C[C@]1(CO)CO[C@H](n2ccc(N)nc2=O)C1. The number of nitrogens with zero attached hydrogens (tertiary/aromatic N) is 2. The lowest BCUT2D eigenvalue weighted by molar-refractivity contribution is 0.0415. The predicted octanol–water partition coefficient (Wildman–Crippen LogP) is -0.257. The number of hydrogen-bond donors (Lipinski definition) is 2. The molecule has 0 aromatic carbocycles. The molecule has 0 radical (unpaired) electrons. The molecule has 1 aliphatic rings. The van der Waals surface area contributed by atoms with Gasteiger partial charge in [0.1, 0.15) is 12.0 Å². The Bertz CT molecular complexity index is 445. The normalized spacial score (nSPS) is 29.5. The van der Waals surface area contributed by atoms with E-state index in [2.05, 4.69) is 4.98 Å². The van der Waals surface area contributed by atoms with Gasteiger partial charge in [-0.25, -0.2) is 4.79 Å². The molecule has 0 bridgehead atoms. The van der Waals surface area contributed by atoms with Crippen molar-refractivity contribution in [2.45, 2.75) is 19.6 Å². The molecule has 2 rings (SSSR count). The van der Waals surface area contributed by atoms with E-state index in [-0.39, 0.29) is 24.1 Å². The zero-order valence-corrected chi connectivity index (χ0v) is 9.09. The number of anilines is 1. The van der Waals surface area contributed by atoms with Crippen molar-refractivity contribution in [2.24, 2.45) is 5.41 Å². The molecule has 0 saturated carbocycles. The number of aromatic nitrogens is 2. The first-order valence-corrected chi connectivity index (χ1v) is 5.11. The molecule has 1 aromatic heterocycles. The Kier molecular flexibility index (Phi) is 2.69. The van der Waals surface area contributed by atoms with Crippen LogP contribution in [0, 0.1) is 5.41 Å². The average molecular weight is 225 g/mol. The number of aliphatic hydroxyl groups is 1. The Morgan fingerprint density at radius 2 is 2.56 bits per heavy atom. The zero-order valence-electron chi connectivity index (χ0n) is 9.09. The zero-order chi connectivity index (χ0) is 11.8. The van der Waals surface area contributed by atoms with Crippen molar-refractivity contribution in [2.75, 3.05) is 18.9 Å². The van der Waals surface area contributed by atoms with E-state index in [1.165, 1.54) is 4.57 Å². The van der Waals surface area contributed by atoms with E-state index in [1.807, 2.05) is 6.92 Å². The van der Waals surface area contributed by atoms with Gasteiger partial charge in [0.25, 0.3) is 0 Å². The summed E-state index contributed by atoms with van der Waals surface area (Å²) in [5.74, 6) is 0.198. The van der Waals surface area contributed by atoms with Gasteiger partial charge < -0.3 is 15.6 Å². The second-order valence-corrected chi connectivity index (χ2v) is 4.48. The van der Waals surface area contributed by atoms with Gasteiger partial charge in [-0.3, -0.25) is 4.57 Å². The summed E-state index contributed by atoms with van der Waals surface area (Å²) in [6.45, 7) is 2.40. The van der Waals surface area contributed by atoms with E-state index in [9.17, 15) is 9.90 Å². The summed E-state index contributed by atoms with van der Waals surface area (Å²) < 4.78 is 6.89. The van der Waals surface area contributed by atoms with E-state index in [0.717, 1.165) is 0 Å². The predicted molar refractivity (Wildman–Crippen MR) is 57.7 cm³/mol. The average Bonchev–Trinajstić information content (AvgIpc) is 2.62. The highest BCUT2D eigenvalue weighted by atomic mass is 16.5. The highest BCUT2D eigenvalue weighted by Gasteiger charge is 2.36. The van der Waals surface area contributed by atoms with Crippen LogP contribution in [-0.4, -0.2) is 27.9 Å². The van der Waals surface area contributed by atoms with Crippen LogP contribution < -0.4 is 11.4 Å². The number of nitrogens with two attached hydrogens (primary N) is 1. The molecule has 0 spiro atoms. The van der Waals surface area contributed by atoms with Gasteiger partial charge in [-0.2, -0.15) is 4.98 Å². The maximum absolute atomic E-state index is 11.6. The molecular weight excluding hydrogens is 210 g/mol. The van der Waals surface area contributed by atoms with E-state index in [0.29, 0.717) is 13.0 Å². The number of aliphatic hydroxyl groups excluding tert-OH is 1. The third-order valence-corrected chi connectivity index (χ3v) is 2.84. The van der Waals surface area contributed by atoms with Crippen LogP contribution in [0.25, 0.3) is 0 Å². The van der Waals surface area contributed by atoms with Gasteiger partial charge in [0.05, 0.1) is 13.2 Å². The smallest absolute Gasteiger partial charge is 0.351 e. The van der Waals surface area contributed by atoms with Crippen molar-refractivity contribution in [1.82, 2.24) is 9.55 Å². The molecule has 2 heterocycles. The molecule has 1 fully saturated rings. The monoisotopic (exact) mass is 225 g/mol. The topological polar surface area (TPSA) is 90.4 Å². The van der Waals surface area contributed by atoms with Crippen LogP contribution in [0.4, 0.5) is 5.82 Å². The standard InChI is InChI=1S/C10H15N3O3/c1-10(5-14)4-8(16-6-10)13-3-2-7(11)12-9(13)15/h2-3,8,14H,4-6H2,1H3,(H2,11,12,15)/t8-,10-/m0/s1. The molecule has 1 aromatic rings. The van der Waals surface area contributed by atoms with Crippen LogP contribution in [0.1, 0.15) is 19.6 Å². The highest BCUT2D eigenvalue weighted by Crippen LogP contribution is 2.36. The quantitative estimate of drug-likeness (QED) is 0.724. The van der Waals surface area contributed by atoms with Crippen LogP contribution in [0.15, 0.2) is 17.1 Å². The molecular formula is C10H15N3O3. The lowest BCUT2D eigenvalue weighted by Gasteiger charge is -2.18. The number of ether oxygens (including phenoxy) is 1. The molecule has 1 aliphatic heterocycles. The summed E-state index contributed by atoms with van der Waals surface area (Å²) in [6, 6.07) is 1.55. The van der Waals surface area contributed by atoms with Crippen molar-refractivity contribution in [3.8, 4) is 0 Å². The molecule has 0 amide bonds. The van der Waals surface area contributed by atoms with Gasteiger partial charge in [0, 0.05) is 18.0 Å². The van der Waals surface area contributed by atoms with E-state index in [4.69, 9.17) is 10.5 Å². The Morgan fingerprint density at radius 1 is 1.81 bits per heavy atom. The Labute approximate surface area is 92.7 Å². The largest absolute Gasteiger partial charge is 0.396 e. The van der Waals surface area contributed by atoms with Crippen molar-refractivity contribution in [3.63, 3.8) is 0 Å². The summed E-state index contributed by atoms with van der Waals surface area (Å²) in [5, 5.41) is 9.20. The summed E-state index contributed by atoms with van der Waals surface area (Å²) >= 11 is 0. The number of rotatable bonds is 2. The van der Waals surface area contributed by atoms with Gasteiger partial charge in [0.15, 0.2) is 0 Å². The molecule has 1 saturated heterocycles. The van der Waals surface area contributed by atoms with Crippen LogP contribution in [-0.2, 0) is 4.74 Å². The van der Waals surface area contributed by atoms with Gasteiger partial charge in [-0.15, -0.1) is 0 Å². The van der Waals surface area contributed by atoms with Gasteiger partial charge in [0.2, 0.25) is 0 Å². The van der Waals surface area contributed by atoms with Gasteiger partial charge in [-0.1, -0.05) is 6.92 Å². The first-order chi connectivity index (χ1) is 7.54. The maximum atomic E-state index is 11.6. The molecule has 88 valence electrons. The molecule has 16 heavy (non-hydrogen) atoms. The minimum atomic E-state index is -0.424. The molecule has 6 nitrogen and oxygen atoms in total. The van der Waals surface area contributed by atoms with Crippen LogP contribution >= 0.6 is 0 Å². The first-order valence-electron chi connectivity index (χ1n) is 5.11. The molecule has 3 N–H and O–H groups in total.